The Kier molecular flexibility index (Phi) is 3.08. The maximum absolute atomic E-state index is 11.7. The second kappa shape index (κ2) is 4.77. The Hall–Kier alpha value is -2.11. The molecule has 0 bridgehead atoms. The Morgan fingerprint density at radius 1 is 1.45 bits per heavy atom. The van der Waals surface area contributed by atoms with Crippen LogP contribution in [0.2, 0.25) is 0 Å². The van der Waals surface area contributed by atoms with Gasteiger partial charge in [-0.1, -0.05) is 0 Å². The van der Waals surface area contributed by atoms with Crippen LogP contribution in [-0.4, -0.2) is 27.5 Å². The van der Waals surface area contributed by atoms with Crippen LogP contribution >= 0.6 is 0 Å². The Morgan fingerprint density at radius 3 is 3.00 bits per heavy atom. The lowest BCUT2D eigenvalue weighted by molar-refractivity contribution is -0.124. The third kappa shape index (κ3) is 1.92. The predicted molar refractivity (Wildman–Crippen MR) is 77.1 cm³/mol. The predicted octanol–water partition coefficient (Wildman–Crippen LogP) is 1.41. The number of rotatable bonds is 2. The van der Waals surface area contributed by atoms with Gasteiger partial charge in [0, 0.05) is 25.2 Å². The molecule has 2 aromatic heterocycles. The third-order valence-corrected chi connectivity index (χ3v) is 4.24. The molecule has 3 rings (SSSR count). The van der Waals surface area contributed by atoms with E-state index in [9.17, 15) is 4.79 Å². The molecule has 1 fully saturated rings. The summed E-state index contributed by atoms with van der Waals surface area (Å²) in [5.74, 6) is 0.754. The second-order valence-electron chi connectivity index (χ2n) is 5.45. The number of fused-ring (bicyclic) bond motifs is 1. The molecular formula is C14H19N5O. The highest BCUT2D eigenvalue weighted by Crippen LogP contribution is 2.37. The van der Waals surface area contributed by atoms with E-state index in [-0.39, 0.29) is 11.8 Å². The highest BCUT2D eigenvalue weighted by atomic mass is 16.1. The number of carbonyl (C=O) groups excluding carboxylic acids is 1. The molecule has 2 heterocycles. The molecule has 1 amide bonds. The van der Waals surface area contributed by atoms with Crippen molar-refractivity contribution in [1.82, 2.24) is 19.9 Å². The minimum Gasteiger partial charge on any atom is -0.383 e. The van der Waals surface area contributed by atoms with Crippen LogP contribution in [-0.2, 0) is 4.79 Å². The van der Waals surface area contributed by atoms with Gasteiger partial charge in [0.05, 0.1) is 5.39 Å². The van der Waals surface area contributed by atoms with E-state index in [4.69, 9.17) is 5.73 Å². The van der Waals surface area contributed by atoms with E-state index in [0.29, 0.717) is 11.9 Å². The fourth-order valence-corrected chi connectivity index (χ4v) is 3.23. The molecule has 0 radical (unpaired) electrons. The van der Waals surface area contributed by atoms with Gasteiger partial charge in [-0.15, -0.1) is 0 Å². The lowest BCUT2D eigenvalue weighted by Gasteiger charge is -2.13. The molecule has 106 valence electrons. The number of nitrogen functional groups attached to an aromatic ring is 1. The molecule has 1 saturated carbocycles. The van der Waals surface area contributed by atoms with Gasteiger partial charge in [-0.05, 0) is 31.7 Å². The zero-order valence-electron chi connectivity index (χ0n) is 11.8. The van der Waals surface area contributed by atoms with Crippen molar-refractivity contribution in [1.29, 1.82) is 0 Å². The topological polar surface area (TPSA) is 85.8 Å². The molecule has 1 aliphatic carbocycles. The number of nitrogens with one attached hydrogen (secondary N) is 1. The van der Waals surface area contributed by atoms with Gasteiger partial charge >= 0.3 is 0 Å². The first-order chi connectivity index (χ1) is 9.61. The van der Waals surface area contributed by atoms with Gasteiger partial charge in [0.15, 0.2) is 0 Å². The Morgan fingerprint density at radius 2 is 2.25 bits per heavy atom. The van der Waals surface area contributed by atoms with Gasteiger partial charge in [-0.25, -0.2) is 9.97 Å². The van der Waals surface area contributed by atoms with Gasteiger partial charge in [-0.3, -0.25) is 4.79 Å². The molecule has 3 N–H and O–H groups in total. The van der Waals surface area contributed by atoms with Crippen LogP contribution in [0.3, 0.4) is 0 Å². The number of anilines is 1. The van der Waals surface area contributed by atoms with Crippen molar-refractivity contribution in [3.05, 3.63) is 18.1 Å². The highest BCUT2D eigenvalue weighted by Gasteiger charge is 2.31. The van der Waals surface area contributed by atoms with Crippen molar-refractivity contribution in [3.63, 3.8) is 0 Å². The average Bonchev–Trinajstić information content (AvgIpc) is 3.04. The minimum atomic E-state index is 0.0990. The van der Waals surface area contributed by atoms with Crippen LogP contribution in [0.1, 0.15) is 30.9 Å². The first kappa shape index (κ1) is 12.9. The summed E-state index contributed by atoms with van der Waals surface area (Å²) in [5, 5.41) is 3.66. The van der Waals surface area contributed by atoms with Crippen LogP contribution < -0.4 is 11.1 Å². The van der Waals surface area contributed by atoms with Crippen LogP contribution in [0.4, 0.5) is 5.82 Å². The van der Waals surface area contributed by atoms with Gasteiger partial charge in [-0.2, -0.15) is 0 Å². The van der Waals surface area contributed by atoms with Crippen LogP contribution in [0, 0.1) is 12.8 Å². The fraction of sp³-hybridized carbons (Fsp3) is 0.500. The smallest absolute Gasteiger partial charge is 0.222 e. The van der Waals surface area contributed by atoms with Crippen LogP contribution in [0.5, 0.6) is 0 Å². The van der Waals surface area contributed by atoms with Crippen LogP contribution in [0.15, 0.2) is 12.5 Å². The molecule has 2 unspecified atom stereocenters. The monoisotopic (exact) mass is 273 g/mol. The Balaban J connectivity index is 1.96. The third-order valence-electron chi connectivity index (χ3n) is 4.24. The van der Waals surface area contributed by atoms with Crippen molar-refractivity contribution >= 4 is 22.8 Å². The number of hydrogen-bond donors (Lipinski definition) is 2. The van der Waals surface area contributed by atoms with E-state index in [1.165, 1.54) is 6.33 Å². The molecule has 2 atom stereocenters. The summed E-state index contributed by atoms with van der Waals surface area (Å²) < 4.78 is 2.16. The number of nitrogens with two attached hydrogens (primary N) is 1. The van der Waals surface area contributed by atoms with Crippen molar-refractivity contribution in [2.24, 2.45) is 5.92 Å². The lowest BCUT2D eigenvalue weighted by atomic mass is 10.1. The van der Waals surface area contributed by atoms with Gasteiger partial charge < -0.3 is 15.6 Å². The van der Waals surface area contributed by atoms with E-state index >= 15 is 0 Å². The Bertz CT molecular complexity index is 663. The number of aryl methyl sites for hydroxylation is 1. The molecule has 0 aliphatic heterocycles. The van der Waals surface area contributed by atoms with E-state index in [1.807, 2.05) is 6.92 Å². The number of amides is 1. The lowest BCUT2D eigenvalue weighted by Crippen LogP contribution is -2.25. The second-order valence-corrected chi connectivity index (χ2v) is 5.45. The number of hydrogen-bond acceptors (Lipinski definition) is 4. The van der Waals surface area contributed by atoms with E-state index in [0.717, 1.165) is 35.9 Å². The van der Waals surface area contributed by atoms with E-state index < -0.39 is 0 Å². The summed E-state index contributed by atoms with van der Waals surface area (Å²) in [6.07, 6.45) is 6.34. The number of aromatic nitrogens is 3. The normalized spacial score (nSPS) is 22.3. The molecular weight excluding hydrogens is 254 g/mol. The van der Waals surface area contributed by atoms with Crippen molar-refractivity contribution in [3.8, 4) is 0 Å². The molecule has 2 aromatic rings. The number of carbonyl (C=O) groups is 1. The van der Waals surface area contributed by atoms with Crippen molar-refractivity contribution in [2.75, 3.05) is 12.8 Å². The zero-order valence-corrected chi connectivity index (χ0v) is 11.8. The van der Waals surface area contributed by atoms with Gasteiger partial charge in [0.1, 0.15) is 17.8 Å². The first-order valence-corrected chi connectivity index (χ1v) is 6.91. The van der Waals surface area contributed by atoms with Crippen molar-refractivity contribution < 1.29 is 4.79 Å². The molecule has 6 nitrogen and oxygen atoms in total. The summed E-state index contributed by atoms with van der Waals surface area (Å²) in [5.41, 5.74) is 7.90. The van der Waals surface area contributed by atoms with Gasteiger partial charge in [0.25, 0.3) is 0 Å². The first-order valence-electron chi connectivity index (χ1n) is 6.91. The SMILES string of the molecule is CNC(=O)C1CCC(n2cc(C)c3c(N)ncnc32)C1. The summed E-state index contributed by atoms with van der Waals surface area (Å²) >= 11 is 0. The average molecular weight is 273 g/mol. The van der Waals surface area contributed by atoms with Crippen LogP contribution in [0.25, 0.3) is 11.0 Å². The maximum Gasteiger partial charge on any atom is 0.222 e. The molecule has 6 heteroatoms. The zero-order chi connectivity index (χ0) is 14.3. The summed E-state index contributed by atoms with van der Waals surface area (Å²) in [7, 11) is 1.69. The fourth-order valence-electron chi connectivity index (χ4n) is 3.23. The quantitative estimate of drug-likeness (QED) is 0.866. The maximum atomic E-state index is 11.7. The Labute approximate surface area is 117 Å². The van der Waals surface area contributed by atoms with E-state index in [2.05, 4.69) is 26.0 Å². The van der Waals surface area contributed by atoms with Gasteiger partial charge in [0.2, 0.25) is 5.91 Å². The largest absolute Gasteiger partial charge is 0.383 e. The molecule has 0 saturated heterocycles. The molecule has 0 aromatic carbocycles. The summed E-state index contributed by atoms with van der Waals surface area (Å²) in [4.78, 5) is 20.2. The molecule has 1 aliphatic rings. The summed E-state index contributed by atoms with van der Waals surface area (Å²) in [6.45, 7) is 2.02. The molecule has 20 heavy (non-hydrogen) atoms. The number of nitrogens with zero attached hydrogens (tertiary/aromatic N) is 3. The standard InChI is InChI=1S/C14H19N5O/c1-8-6-19(13-11(8)12(15)17-7-18-13)10-4-3-9(5-10)14(20)16-2/h6-7,9-10H,3-5H2,1-2H3,(H,16,20)(H2,15,17,18). The highest BCUT2D eigenvalue weighted by molar-refractivity contribution is 5.89. The summed E-state index contributed by atoms with van der Waals surface area (Å²) in [6, 6.07) is 0.308. The molecule has 0 spiro atoms. The minimum absolute atomic E-state index is 0.0990. The van der Waals surface area contributed by atoms with E-state index in [1.54, 1.807) is 7.05 Å². The van der Waals surface area contributed by atoms with Crippen molar-refractivity contribution in [2.45, 2.75) is 32.2 Å².